The van der Waals surface area contributed by atoms with Crippen LogP contribution in [0.3, 0.4) is 0 Å². The van der Waals surface area contributed by atoms with Crippen LogP contribution in [-0.2, 0) is 5.41 Å². The Morgan fingerprint density at radius 1 is 0.267 bits per heavy atom. The van der Waals surface area contributed by atoms with Gasteiger partial charge >= 0.3 is 0 Å². The summed E-state index contributed by atoms with van der Waals surface area (Å²) in [5.41, 5.74) is 20.5. The Morgan fingerprint density at radius 2 is 0.717 bits per heavy atom. The third kappa shape index (κ3) is 4.99. The van der Waals surface area contributed by atoms with Gasteiger partial charge in [-0.1, -0.05) is 212 Å². The lowest BCUT2D eigenvalue weighted by molar-refractivity contribution is 0.794. The molecule has 0 unspecified atom stereocenters. The van der Waals surface area contributed by atoms with Gasteiger partial charge in [0.2, 0.25) is 0 Å². The lowest BCUT2D eigenvalue weighted by Crippen LogP contribution is -2.26. The van der Waals surface area contributed by atoms with Gasteiger partial charge in [0.15, 0.2) is 0 Å². The van der Waals surface area contributed by atoms with Crippen LogP contribution in [0.4, 0.5) is 17.1 Å². The van der Waals surface area contributed by atoms with Crippen molar-refractivity contribution in [1.82, 2.24) is 0 Å². The Bertz CT molecular complexity index is 3220. The Morgan fingerprint density at radius 3 is 1.38 bits per heavy atom. The van der Waals surface area contributed by atoms with E-state index in [1.54, 1.807) is 0 Å². The first-order chi connectivity index (χ1) is 29.8. The average molecular weight is 762 g/mol. The largest absolute Gasteiger partial charge is 0.309 e. The van der Waals surface area contributed by atoms with Gasteiger partial charge < -0.3 is 4.90 Å². The predicted octanol–water partition coefficient (Wildman–Crippen LogP) is 15.7. The third-order valence-corrected chi connectivity index (χ3v) is 12.9. The summed E-state index contributed by atoms with van der Waals surface area (Å²) in [4.78, 5) is 2.55. The molecule has 2 aliphatic carbocycles. The lowest BCUT2D eigenvalue weighted by Gasteiger charge is -2.33. The SMILES string of the molecule is c1ccc(-c2ccccc2-c2c(-c3ccccc3)cccc2N(c2ccc3ccccc3c2)c2cccc3c2-c2ccccc2C32c3ccccc3-c3ccccc32)cc1. The number of benzene rings is 10. The number of nitrogens with zero attached hydrogens (tertiary/aromatic N) is 1. The van der Waals surface area contributed by atoms with Crippen molar-refractivity contribution < 1.29 is 0 Å². The second-order valence-electron chi connectivity index (χ2n) is 15.9. The fourth-order valence-corrected chi connectivity index (χ4v) is 10.5. The normalized spacial score (nSPS) is 12.8. The lowest BCUT2D eigenvalue weighted by atomic mass is 9.70. The first-order valence-electron chi connectivity index (χ1n) is 20.9. The van der Waals surface area contributed by atoms with E-state index in [9.17, 15) is 0 Å². The number of hydrogen-bond donors (Lipinski definition) is 0. The van der Waals surface area contributed by atoms with E-state index in [-0.39, 0.29) is 0 Å². The topological polar surface area (TPSA) is 3.24 Å². The summed E-state index contributed by atoms with van der Waals surface area (Å²) in [5, 5.41) is 2.42. The molecular weight excluding hydrogens is 723 g/mol. The molecule has 60 heavy (non-hydrogen) atoms. The van der Waals surface area contributed by atoms with Crippen LogP contribution in [0.5, 0.6) is 0 Å². The van der Waals surface area contributed by atoms with E-state index in [1.807, 2.05) is 0 Å². The van der Waals surface area contributed by atoms with Crippen LogP contribution in [0, 0.1) is 0 Å². The zero-order chi connectivity index (χ0) is 39.6. The number of hydrogen-bond acceptors (Lipinski definition) is 1. The molecule has 0 saturated carbocycles. The van der Waals surface area contributed by atoms with E-state index in [1.165, 1.54) is 88.7 Å². The molecule has 1 heteroatoms. The smallest absolute Gasteiger partial charge is 0.0726 e. The molecule has 10 aromatic carbocycles. The quantitative estimate of drug-likeness (QED) is 0.163. The zero-order valence-electron chi connectivity index (χ0n) is 33.0. The summed E-state index contributed by atoms with van der Waals surface area (Å²) < 4.78 is 0. The molecule has 0 N–H and O–H groups in total. The first-order valence-corrected chi connectivity index (χ1v) is 20.9. The molecule has 0 atom stereocenters. The van der Waals surface area contributed by atoms with Crippen LogP contribution in [0.15, 0.2) is 237 Å². The van der Waals surface area contributed by atoms with Gasteiger partial charge in [-0.3, -0.25) is 0 Å². The molecular formula is C59H39N. The van der Waals surface area contributed by atoms with E-state index in [2.05, 4.69) is 241 Å². The van der Waals surface area contributed by atoms with E-state index >= 15 is 0 Å². The van der Waals surface area contributed by atoms with Crippen LogP contribution in [-0.4, -0.2) is 0 Å². The summed E-state index contributed by atoms with van der Waals surface area (Å²) in [7, 11) is 0. The maximum Gasteiger partial charge on any atom is 0.0726 e. The summed E-state index contributed by atoms with van der Waals surface area (Å²) in [5.74, 6) is 0. The summed E-state index contributed by atoms with van der Waals surface area (Å²) in [6.45, 7) is 0. The second kappa shape index (κ2) is 13.7. The molecule has 0 bridgehead atoms. The van der Waals surface area contributed by atoms with Crippen molar-refractivity contribution in [2.24, 2.45) is 0 Å². The molecule has 12 rings (SSSR count). The molecule has 2 aliphatic rings. The fourth-order valence-electron chi connectivity index (χ4n) is 10.5. The minimum Gasteiger partial charge on any atom is -0.309 e. The van der Waals surface area contributed by atoms with Crippen molar-refractivity contribution in [3.8, 4) is 55.6 Å². The van der Waals surface area contributed by atoms with Crippen LogP contribution in [0.25, 0.3) is 66.4 Å². The van der Waals surface area contributed by atoms with Gasteiger partial charge in [-0.25, -0.2) is 0 Å². The first kappa shape index (κ1) is 34.3. The number of fused-ring (bicyclic) bond motifs is 11. The molecule has 280 valence electrons. The monoisotopic (exact) mass is 761 g/mol. The minimum atomic E-state index is -0.460. The highest BCUT2D eigenvalue weighted by atomic mass is 15.1. The molecule has 10 aromatic rings. The van der Waals surface area contributed by atoms with Crippen molar-refractivity contribution in [2.45, 2.75) is 5.41 Å². The van der Waals surface area contributed by atoms with E-state index in [0.29, 0.717) is 0 Å². The van der Waals surface area contributed by atoms with Crippen molar-refractivity contribution in [1.29, 1.82) is 0 Å². The molecule has 1 nitrogen and oxygen atoms in total. The standard InChI is InChI=1S/C59H39N/c1-3-20-41(21-4-1)45-25-9-10-28-49(45)57-46(42-22-5-2-6-23-42)30-17-35-55(57)60(44-38-37-40-19-7-8-24-43(40)39-44)56-36-18-34-54-58(56)50-29-13-16-33-53(50)59(54)51-31-14-11-26-47(51)48-27-12-15-32-52(48)59/h1-39H. The van der Waals surface area contributed by atoms with Gasteiger partial charge in [0.1, 0.15) is 0 Å². The molecule has 0 aromatic heterocycles. The molecule has 0 aliphatic heterocycles. The maximum atomic E-state index is 2.55. The van der Waals surface area contributed by atoms with Crippen LogP contribution >= 0.6 is 0 Å². The highest BCUT2D eigenvalue weighted by molar-refractivity contribution is 6.06. The van der Waals surface area contributed by atoms with Crippen LogP contribution < -0.4 is 4.90 Å². The Balaban J connectivity index is 1.21. The van der Waals surface area contributed by atoms with Crippen LogP contribution in [0.2, 0.25) is 0 Å². The summed E-state index contributed by atoms with van der Waals surface area (Å²) in [6, 6.07) is 87.4. The second-order valence-corrected chi connectivity index (χ2v) is 15.9. The fraction of sp³-hybridized carbons (Fsp3) is 0.0169. The van der Waals surface area contributed by atoms with Gasteiger partial charge in [-0.15, -0.1) is 0 Å². The summed E-state index contributed by atoms with van der Waals surface area (Å²) >= 11 is 0. The van der Waals surface area contributed by atoms with Gasteiger partial charge in [-0.05, 0) is 102 Å². The van der Waals surface area contributed by atoms with Gasteiger partial charge in [0.25, 0.3) is 0 Å². The number of anilines is 3. The molecule has 0 saturated heterocycles. The van der Waals surface area contributed by atoms with Crippen molar-refractivity contribution in [3.05, 3.63) is 259 Å². The molecule has 0 amide bonds. The minimum absolute atomic E-state index is 0.460. The van der Waals surface area contributed by atoms with Crippen molar-refractivity contribution in [3.63, 3.8) is 0 Å². The molecule has 0 heterocycles. The van der Waals surface area contributed by atoms with Crippen molar-refractivity contribution in [2.75, 3.05) is 4.90 Å². The van der Waals surface area contributed by atoms with Gasteiger partial charge in [0.05, 0.1) is 16.8 Å². The highest BCUT2D eigenvalue weighted by Gasteiger charge is 2.52. The Hall–Kier alpha value is -7.74. The van der Waals surface area contributed by atoms with Crippen LogP contribution in [0.1, 0.15) is 22.3 Å². The third-order valence-electron chi connectivity index (χ3n) is 12.9. The highest BCUT2D eigenvalue weighted by Crippen LogP contribution is 2.65. The Labute approximate surface area is 351 Å². The zero-order valence-corrected chi connectivity index (χ0v) is 33.0. The van der Waals surface area contributed by atoms with E-state index in [4.69, 9.17) is 0 Å². The average Bonchev–Trinajstić information content (AvgIpc) is 3.80. The number of rotatable bonds is 6. The maximum absolute atomic E-state index is 2.55. The predicted molar refractivity (Wildman–Crippen MR) is 251 cm³/mol. The molecule has 1 spiro atoms. The van der Waals surface area contributed by atoms with Gasteiger partial charge in [0, 0.05) is 16.8 Å². The summed E-state index contributed by atoms with van der Waals surface area (Å²) in [6.07, 6.45) is 0. The van der Waals surface area contributed by atoms with Crippen molar-refractivity contribution >= 4 is 27.8 Å². The molecule has 0 fully saturated rings. The van der Waals surface area contributed by atoms with E-state index < -0.39 is 5.41 Å². The Kier molecular flexibility index (Phi) is 7.83. The molecule has 0 radical (unpaired) electrons. The van der Waals surface area contributed by atoms with Gasteiger partial charge in [-0.2, -0.15) is 0 Å². The van der Waals surface area contributed by atoms with E-state index in [0.717, 1.165) is 17.1 Å².